The maximum atomic E-state index is 12.6. The van der Waals surface area contributed by atoms with E-state index in [0.29, 0.717) is 4.88 Å². The predicted octanol–water partition coefficient (Wildman–Crippen LogP) is 4.18. The average molecular weight is 339 g/mol. The number of para-hydroxylation sites is 1. The van der Waals surface area contributed by atoms with E-state index in [2.05, 4.69) is 10.4 Å². The zero-order valence-corrected chi connectivity index (χ0v) is 14.5. The first-order valence-corrected chi connectivity index (χ1v) is 8.57. The molecule has 0 unspecified atom stereocenters. The second-order valence-corrected chi connectivity index (χ2v) is 6.95. The van der Waals surface area contributed by atoms with Crippen LogP contribution in [0.3, 0.4) is 0 Å². The van der Waals surface area contributed by atoms with Crippen LogP contribution < -0.4 is 5.32 Å². The molecule has 1 aromatic carbocycles. The number of thiophene rings is 1. The van der Waals surface area contributed by atoms with Crippen LogP contribution in [0.15, 0.2) is 40.8 Å². The van der Waals surface area contributed by atoms with Crippen LogP contribution >= 0.6 is 11.3 Å². The molecule has 0 saturated heterocycles. The summed E-state index contributed by atoms with van der Waals surface area (Å²) in [7, 11) is 1.89. The first-order chi connectivity index (χ1) is 11.5. The quantitative estimate of drug-likeness (QED) is 0.609. The van der Waals surface area contributed by atoms with E-state index in [9.17, 15) is 4.79 Å². The Kier molecular flexibility index (Phi) is 3.42. The Morgan fingerprint density at radius 2 is 2.12 bits per heavy atom. The number of hydrogen-bond acceptors (Lipinski definition) is 4. The number of nitrogens with one attached hydrogen (secondary N) is 1. The van der Waals surface area contributed by atoms with Crippen LogP contribution in [-0.4, -0.2) is 15.7 Å². The van der Waals surface area contributed by atoms with Gasteiger partial charge in [-0.25, -0.2) is 0 Å². The molecule has 1 amide bonds. The highest BCUT2D eigenvalue weighted by molar-refractivity contribution is 7.20. The summed E-state index contributed by atoms with van der Waals surface area (Å²) in [5.41, 5.74) is 1.77. The van der Waals surface area contributed by atoms with Gasteiger partial charge in [-0.15, -0.1) is 11.3 Å². The number of aromatic nitrogens is 2. The van der Waals surface area contributed by atoms with E-state index in [4.69, 9.17) is 4.42 Å². The maximum Gasteiger partial charge on any atom is 0.262 e. The van der Waals surface area contributed by atoms with Crippen molar-refractivity contribution < 1.29 is 9.21 Å². The number of carbonyl (C=O) groups excluding carboxylic acids is 1. The molecule has 0 aliphatic rings. The number of fused-ring (bicyclic) bond motifs is 2. The standard InChI is InChI=1S/C18H17N3O2S/c1-10-13-9-16(24-18(13)21(3)20-10)17(22)19-11(2)15-8-12-6-4-5-7-14(12)23-15/h4-9,11H,1-3H3,(H,19,22)/t11-/m0/s1. The Balaban J connectivity index is 1.58. The van der Waals surface area contributed by atoms with Crippen molar-refractivity contribution in [2.24, 2.45) is 7.05 Å². The largest absolute Gasteiger partial charge is 0.459 e. The van der Waals surface area contributed by atoms with Gasteiger partial charge in [0.1, 0.15) is 16.2 Å². The van der Waals surface area contributed by atoms with Gasteiger partial charge < -0.3 is 9.73 Å². The second kappa shape index (κ2) is 5.49. The van der Waals surface area contributed by atoms with Crippen molar-refractivity contribution in [1.82, 2.24) is 15.1 Å². The molecule has 0 fully saturated rings. The third-order valence-electron chi connectivity index (χ3n) is 4.14. The van der Waals surface area contributed by atoms with Crippen LogP contribution in [0.25, 0.3) is 21.2 Å². The number of amides is 1. The number of furan rings is 1. The van der Waals surface area contributed by atoms with Gasteiger partial charge in [0.05, 0.1) is 16.6 Å². The Morgan fingerprint density at radius 3 is 2.88 bits per heavy atom. The Bertz CT molecular complexity index is 989. The van der Waals surface area contributed by atoms with Crippen molar-refractivity contribution >= 4 is 38.4 Å². The van der Waals surface area contributed by atoms with Gasteiger partial charge in [-0.3, -0.25) is 9.48 Å². The number of rotatable bonds is 3. The van der Waals surface area contributed by atoms with Crippen LogP contribution in [0, 0.1) is 6.92 Å². The fraction of sp³-hybridized carbons (Fsp3) is 0.222. The van der Waals surface area contributed by atoms with E-state index in [1.165, 1.54) is 11.3 Å². The fourth-order valence-corrected chi connectivity index (χ4v) is 3.90. The molecule has 0 aliphatic carbocycles. The minimum absolute atomic E-state index is 0.0939. The van der Waals surface area contributed by atoms with E-state index < -0.39 is 0 Å². The Hall–Kier alpha value is -2.60. The lowest BCUT2D eigenvalue weighted by Gasteiger charge is -2.10. The highest BCUT2D eigenvalue weighted by Crippen LogP contribution is 2.29. The van der Waals surface area contributed by atoms with Gasteiger partial charge in [0, 0.05) is 17.8 Å². The second-order valence-electron chi connectivity index (χ2n) is 5.92. The number of benzene rings is 1. The number of carbonyl (C=O) groups is 1. The summed E-state index contributed by atoms with van der Waals surface area (Å²) in [6.07, 6.45) is 0. The molecule has 1 N–H and O–H groups in total. The van der Waals surface area contributed by atoms with Crippen LogP contribution in [0.4, 0.5) is 0 Å². The molecule has 0 bridgehead atoms. The Labute approximate surface area is 142 Å². The third kappa shape index (κ3) is 2.39. The molecular weight excluding hydrogens is 322 g/mol. The van der Waals surface area contributed by atoms with E-state index in [-0.39, 0.29) is 11.9 Å². The van der Waals surface area contributed by atoms with Crippen LogP contribution in [0.5, 0.6) is 0 Å². The van der Waals surface area contributed by atoms with E-state index in [1.807, 2.05) is 62.0 Å². The predicted molar refractivity (Wildman–Crippen MR) is 95.4 cm³/mol. The third-order valence-corrected chi connectivity index (χ3v) is 5.34. The lowest BCUT2D eigenvalue weighted by molar-refractivity contribution is 0.0940. The van der Waals surface area contributed by atoms with Crippen LogP contribution in [-0.2, 0) is 7.05 Å². The minimum atomic E-state index is -0.200. The number of nitrogens with zero attached hydrogens (tertiary/aromatic N) is 2. The molecule has 24 heavy (non-hydrogen) atoms. The zero-order valence-electron chi connectivity index (χ0n) is 13.7. The van der Waals surface area contributed by atoms with Crippen molar-refractivity contribution in [3.63, 3.8) is 0 Å². The molecule has 6 heteroatoms. The van der Waals surface area contributed by atoms with Gasteiger partial charge in [0.25, 0.3) is 5.91 Å². The molecule has 0 radical (unpaired) electrons. The molecule has 4 aromatic rings. The average Bonchev–Trinajstić information content (AvgIpc) is 3.23. The highest BCUT2D eigenvalue weighted by atomic mass is 32.1. The van der Waals surface area contributed by atoms with Gasteiger partial charge >= 0.3 is 0 Å². The first kappa shape index (κ1) is 15.0. The fourth-order valence-electron chi connectivity index (χ4n) is 2.87. The smallest absolute Gasteiger partial charge is 0.262 e. The molecular formula is C18H17N3O2S. The van der Waals surface area contributed by atoms with Gasteiger partial charge in [-0.05, 0) is 32.0 Å². The van der Waals surface area contributed by atoms with E-state index in [1.54, 1.807) is 0 Å². The van der Waals surface area contributed by atoms with Crippen molar-refractivity contribution in [1.29, 1.82) is 0 Å². The lowest BCUT2D eigenvalue weighted by Crippen LogP contribution is -2.25. The molecule has 3 aromatic heterocycles. The van der Waals surface area contributed by atoms with Gasteiger partial charge in [0.15, 0.2) is 0 Å². The normalized spacial score (nSPS) is 12.8. The summed E-state index contributed by atoms with van der Waals surface area (Å²) < 4.78 is 7.64. The van der Waals surface area contributed by atoms with Gasteiger partial charge in [0.2, 0.25) is 0 Å². The summed E-state index contributed by atoms with van der Waals surface area (Å²) in [5.74, 6) is 0.659. The van der Waals surface area contributed by atoms with E-state index in [0.717, 1.165) is 32.6 Å². The molecule has 3 heterocycles. The Morgan fingerprint density at radius 1 is 1.33 bits per heavy atom. The SMILES string of the molecule is Cc1nn(C)c2sc(C(=O)N[C@@H](C)c3cc4ccccc4o3)cc12. The number of hydrogen-bond donors (Lipinski definition) is 1. The zero-order chi connectivity index (χ0) is 16.8. The molecule has 122 valence electrons. The summed E-state index contributed by atoms with van der Waals surface area (Å²) in [6.45, 7) is 3.88. The lowest BCUT2D eigenvalue weighted by atomic mass is 10.2. The number of aryl methyl sites for hydroxylation is 2. The summed E-state index contributed by atoms with van der Waals surface area (Å²) >= 11 is 1.45. The highest BCUT2D eigenvalue weighted by Gasteiger charge is 2.19. The van der Waals surface area contributed by atoms with Gasteiger partial charge in [-0.1, -0.05) is 18.2 Å². The monoisotopic (exact) mass is 339 g/mol. The maximum absolute atomic E-state index is 12.6. The molecule has 4 rings (SSSR count). The molecule has 5 nitrogen and oxygen atoms in total. The molecule has 1 atom stereocenters. The van der Waals surface area contributed by atoms with E-state index >= 15 is 0 Å². The topological polar surface area (TPSA) is 60.1 Å². The van der Waals surface area contributed by atoms with Crippen molar-refractivity contribution in [2.75, 3.05) is 0 Å². The summed E-state index contributed by atoms with van der Waals surface area (Å²) in [6, 6.07) is 11.5. The van der Waals surface area contributed by atoms with Crippen LogP contribution in [0.1, 0.15) is 34.1 Å². The summed E-state index contributed by atoms with van der Waals surface area (Å²) in [4.78, 5) is 14.3. The van der Waals surface area contributed by atoms with Gasteiger partial charge in [-0.2, -0.15) is 5.10 Å². The van der Waals surface area contributed by atoms with Crippen molar-refractivity contribution in [3.05, 3.63) is 52.7 Å². The summed E-state index contributed by atoms with van der Waals surface area (Å²) in [5, 5.41) is 9.45. The van der Waals surface area contributed by atoms with Crippen molar-refractivity contribution in [2.45, 2.75) is 19.9 Å². The molecule has 0 spiro atoms. The van der Waals surface area contributed by atoms with Crippen LogP contribution in [0.2, 0.25) is 0 Å². The van der Waals surface area contributed by atoms with Crippen molar-refractivity contribution in [3.8, 4) is 0 Å². The molecule has 0 saturated carbocycles. The molecule has 0 aliphatic heterocycles. The minimum Gasteiger partial charge on any atom is -0.459 e. The first-order valence-electron chi connectivity index (χ1n) is 7.75.